The van der Waals surface area contributed by atoms with Gasteiger partial charge in [0.1, 0.15) is 6.54 Å². The van der Waals surface area contributed by atoms with Crippen LogP contribution in [-0.2, 0) is 9.59 Å². The smallest absolute Gasteiger partial charge is 0.322 e. The second-order valence-corrected chi connectivity index (χ2v) is 5.47. The van der Waals surface area contributed by atoms with Gasteiger partial charge < -0.3 is 10.4 Å². The van der Waals surface area contributed by atoms with Gasteiger partial charge in [-0.15, -0.1) is 0 Å². The summed E-state index contributed by atoms with van der Waals surface area (Å²) < 4.78 is 0. The molecule has 5 nitrogen and oxygen atoms in total. The SMILES string of the molecule is CC(=O)SCCC=Cc1ccccc1C(=O)NCC(=O)O. The van der Waals surface area contributed by atoms with Gasteiger partial charge in [-0.05, 0) is 18.1 Å². The summed E-state index contributed by atoms with van der Waals surface area (Å²) in [7, 11) is 0. The molecule has 0 heterocycles. The molecular weight excluding hydrogens is 290 g/mol. The van der Waals surface area contributed by atoms with E-state index < -0.39 is 18.4 Å². The van der Waals surface area contributed by atoms with Gasteiger partial charge in [-0.25, -0.2) is 0 Å². The van der Waals surface area contributed by atoms with E-state index in [1.54, 1.807) is 30.3 Å². The number of carboxylic acid groups (broad SMARTS) is 1. The summed E-state index contributed by atoms with van der Waals surface area (Å²) in [6.45, 7) is 1.11. The van der Waals surface area contributed by atoms with Crippen molar-refractivity contribution in [3.05, 3.63) is 41.5 Å². The van der Waals surface area contributed by atoms with E-state index in [1.807, 2.05) is 6.08 Å². The zero-order valence-corrected chi connectivity index (χ0v) is 12.5. The molecule has 1 aromatic carbocycles. The predicted octanol–water partition coefficient (Wildman–Crippen LogP) is 2.18. The van der Waals surface area contributed by atoms with Gasteiger partial charge in [-0.3, -0.25) is 14.4 Å². The number of rotatable bonds is 7. The highest BCUT2D eigenvalue weighted by Gasteiger charge is 2.09. The Morgan fingerprint density at radius 1 is 1.29 bits per heavy atom. The van der Waals surface area contributed by atoms with Crippen LogP contribution in [0.4, 0.5) is 0 Å². The molecule has 0 atom stereocenters. The van der Waals surface area contributed by atoms with Crippen LogP contribution in [0.5, 0.6) is 0 Å². The second kappa shape index (κ2) is 8.97. The molecule has 1 amide bonds. The Kier molecular flexibility index (Phi) is 7.25. The van der Waals surface area contributed by atoms with Crippen LogP contribution in [0.25, 0.3) is 6.08 Å². The van der Waals surface area contributed by atoms with Crippen molar-refractivity contribution in [2.24, 2.45) is 0 Å². The molecule has 0 aliphatic carbocycles. The quantitative estimate of drug-likeness (QED) is 0.754. The molecule has 0 saturated heterocycles. The van der Waals surface area contributed by atoms with Crippen LogP contribution < -0.4 is 5.32 Å². The van der Waals surface area contributed by atoms with E-state index in [0.717, 1.165) is 6.42 Å². The molecule has 0 aliphatic heterocycles. The number of hydrogen-bond donors (Lipinski definition) is 2. The summed E-state index contributed by atoms with van der Waals surface area (Å²) in [5, 5.41) is 11.0. The molecule has 0 unspecified atom stereocenters. The maximum Gasteiger partial charge on any atom is 0.322 e. The molecule has 0 radical (unpaired) electrons. The number of aliphatic carboxylic acids is 1. The molecule has 1 rings (SSSR count). The van der Waals surface area contributed by atoms with Gasteiger partial charge in [-0.2, -0.15) is 0 Å². The van der Waals surface area contributed by atoms with Crippen molar-refractivity contribution in [2.75, 3.05) is 12.3 Å². The lowest BCUT2D eigenvalue weighted by Crippen LogP contribution is -2.29. The Balaban J connectivity index is 2.66. The van der Waals surface area contributed by atoms with E-state index >= 15 is 0 Å². The van der Waals surface area contributed by atoms with Gasteiger partial charge in [0.05, 0.1) is 0 Å². The minimum atomic E-state index is -1.09. The number of carboxylic acids is 1. The number of benzene rings is 1. The average Bonchev–Trinajstić information content (AvgIpc) is 2.44. The molecule has 2 N–H and O–H groups in total. The van der Waals surface area contributed by atoms with Gasteiger partial charge in [-0.1, -0.05) is 42.1 Å². The van der Waals surface area contributed by atoms with E-state index in [1.165, 1.54) is 18.7 Å². The number of carbonyl (C=O) groups is 3. The normalized spacial score (nSPS) is 10.5. The Bertz CT molecular complexity index is 554. The van der Waals surface area contributed by atoms with Crippen LogP contribution in [0.2, 0.25) is 0 Å². The highest BCUT2D eigenvalue weighted by Crippen LogP contribution is 2.12. The van der Waals surface area contributed by atoms with Gasteiger partial charge >= 0.3 is 5.97 Å². The second-order valence-electron chi connectivity index (χ2n) is 4.19. The van der Waals surface area contributed by atoms with Crippen molar-refractivity contribution in [2.45, 2.75) is 13.3 Å². The highest BCUT2D eigenvalue weighted by molar-refractivity contribution is 8.13. The number of allylic oxidation sites excluding steroid dienone is 1. The largest absolute Gasteiger partial charge is 0.480 e. The van der Waals surface area contributed by atoms with Gasteiger partial charge in [0, 0.05) is 18.2 Å². The fourth-order valence-electron chi connectivity index (χ4n) is 1.58. The fraction of sp³-hybridized carbons (Fsp3) is 0.267. The van der Waals surface area contributed by atoms with Crippen molar-refractivity contribution in [1.82, 2.24) is 5.32 Å². The monoisotopic (exact) mass is 307 g/mol. The molecule has 112 valence electrons. The third kappa shape index (κ3) is 6.76. The first kappa shape index (κ1) is 17.0. The molecule has 21 heavy (non-hydrogen) atoms. The van der Waals surface area contributed by atoms with Crippen LogP contribution in [-0.4, -0.2) is 34.4 Å². The van der Waals surface area contributed by atoms with Crippen LogP contribution >= 0.6 is 11.8 Å². The van der Waals surface area contributed by atoms with E-state index in [0.29, 0.717) is 16.9 Å². The summed E-state index contributed by atoms with van der Waals surface area (Å²) in [5.74, 6) is -0.812. The van der Waals surface area contributed by atoms with Gasteiger partial charge in [0.2, 0.25) is 0 Å². The first-order chi connectivity index (χ1) is 10.0. The van der Waals surface area contributed by atoms with Crippen molar-refractivity contribution >= 4 is 34.8 Å². The summed E-state index contributed by atoms with van der Waals surface area (Å²) in [5.41, 5.74) is 1.14. The number of thioether (sulfide) groups is 1. The lowest BCUT2D eigenvalue weighted by molar-refractivity contribution is -0.135. The number of amides is 1. The van der Waals surface area contributed by atoms with E-state index in [-0.39, 0.29) is 5.12 Å². The van der Waals surface area contributed by atoms with E-state index in [2.05, 4.69) is 5.32 Å². The van der Waals surface area contributed by atoms with Crippen molar-refractivity contribution in [3.63, 3.8) is 0 Å². The van der Waals surface area contributed by atoms with Crippen molar-refractivity contribution in [3.8, 4) is 0 Å². The van der Waals surface area contributed by atoms with Gasteiger partial charge in [0.15, 0.2) is 5.12 Å². The van der Waals surface area contributed by atoms with Gasteiger partial charge in [0.25, 0.3) is 5.91 Å². The molecule has 1 aromatic rings. The minimum absolute atomic E-state index is 0.0804. The highest BCUT2D eigenvalue weighted by atomic mass is 32.2. The minimum Gasteiger partial charge on any atom is -0.480 e. The summed E-state index contributed by atoms with van der Waals surface area (Å²) in [4.78, 5) is 33.1. The standard InChI is InChI=1S/C15H17NO4S/c1-11(17)21-9-5-4-7-12-6-2-3-8-13(12)15(20)16-10-14(18)19/h2-4,6-8H,5,9-10H2,1H3,(H,16,20)(H,18,19). The Hall–Kier alpha value is -2.08. The van der Waals surface area contributed by atoms with Crippen LogP contribution in [0.3, 0.4) is 0 Å². The lowest BCUT2D eigenvalue weighted by atomic mass is 10.1. The topological polar surface area (TPSA) is 83.5 Å². The molecule has 0 aliphatic rings. The number of nitrogens with one attached hydrogen (secondary N) is 1. The molecule has 0 spiro atoms. The number of hydrogen-bond acceptors (Lipinski definition) is 4. The lowest BCUT2D eigenvalue weighted by Gasteiger charge is -2.05. The van der Waals surface area contributed by atoms with Crippen LogP contribution in [0.1, 0.15) is 29.3 Å². The molecule has 0 fully saturated rings. The molecule has 0 aromatic heterocycles. The summed E-state index contributed by atoms with van der Waals surface area (Å²) >= 11 is 1.25. The van der Waals surface area contributed by atoms with Crippen LogP contribution in [0.15, 0.2) is 30.3 Å². The average molecular weight is 307 g/mol. The Morgan fingerprint density at radius 3 is 2.67 bits per heavy atom. The van der Waals surface area contributed by atoms with E-state index in [4.69, 9.17) is 5.11 Å². The first-order valence-corrected chi connectivity index (χ1v) is 7.38. The zero-order valence-electron chi connectivity index (χ0n) is 11.7. The molecule has 6 heteroatoms. The first-order valence-electron chi connectivity index (χ1n) is 6.39. The van der Waals surface area contributed by atoms with Crippen molar-refractivity contribution in [1.29, 1.82) is 0 Å². The molecule has 0 saturated carbocycles. The zero-order chi connectivity index (χ0) is 15.7. The third-order valence-corrected chi connectivity index (χ3v) is 3.34. The van der Waals surface area contributed by atoms with Crippen LogP contribution in [0, 0.1) is 0 Å². The molecular formula is C15H17NO4S. The Labute approximate surface area is 127 Å². The Morgan fingerprint density at radius 2 is 2.00 bits per heavy atom. The van der Waals surface area contributed by atoms with Crippen molar-refractivity contribution < 1.29 is 19.5 Å². The maximum atomic E-state index is 11.9. The summed E-state index contributed by atoms with van der Waals surface area (Å²) in [6, 6.07) is 6.95. The molecule has 0 bridgehead atoms. The maximum absolute atomic E-state index is 11.9. The predicted molar refractivity (Wildman–Crippen MR) is 83.2 cm³/mol. The number of carbonyl (C=O) groups excluding carboxylic acids is 2. The van der Waals surface area contributed by atoms with E-state index in [9.17, 15) is 14.4 Å². The fourth-order valence-corrected chi connectivity index (χ4v) is 2.12. The third-order valence-electron chi connectivity index (χ3n) is 2.49. The summed E-state index contributed by atoms with van der Waals surface area (Å²) in [6.07, 6.45) is 4.41.